The van der Waals surface area contributed by atoms with E-state index in [1.54, 1.807) is 19.1 Å². The van der Waals surface area contributed by atoms with Crippen LogP contribution < -0.4 is 10.1 Å². The van der Waals surface area contributed by atoms with Gasteiger partial charge in [0.15, 0.2) is 0 Å². The Morgan fingerprint density at radius 3 is 2.88 bits per heavy atom. The van der Waals surface area contributed by atoms with Crippen molar-refractivity contribution in [1.82, 2.24) is 5.32 Å². The van der Waals surface area contributed by atoms with Crippen molar-refractivity contribution in [3.05, 3.63) is 29.6 Å². The SMILES string of the molecule is CCCNCC(O)COc1ccc(F)c(C)c1. The largest absolute Gasteiger partial charge is 0.491 e. The maximum absolute atomic E-state index is 13.0. The summed E-state index contributed by atoms with van der Waals surface area (Å²) in [6.45, 7) is 5.35. The summed E-state index contributed by atoms with van der Waals surface area (Å²) in [6, 6.07) is 4.56. The van der Waals surface area contributed by atoms with Crippen molar-refractivity contribution >= 4 is 0 Å². The molecule has 0 bridgehead atoms. The van der Waals surface area contributed by atoms with Crippen LogP contribution in [0.2, 0.25) is 0 Å². The zero-order valence-electron chi connectivity index (χ0n) is 10.4. The number of aryl methyl sites for hydroxylation is 1. The summed E-state index contributed by atoms with van der Waals surface area (Å²) < 4.78 is 18.4. The summed E-state index contributed by atoms with van der Waals surface area (Å²) in [5.74, 6) is 0.334. The van der Waals surface area contributed by atoms with Crippen LogP contribution in [0.5, 0.6) is 5.75 Å². The second-order valence-corrected chi connectivity index (χ2v) is 4.08. The van der Waals surface area contributed by atoms with Crippen molar-refractivity contribution in [3.63, 3.8) is 0 Å². The third-order valence-electron chi connectivity index (χ3n) is 2.38. The molecule has 0 saturated heterocycles. The lowest BCUT2D eigenvalue weighted by Gasteiger charge is -2.13. The Bertz CT molecular complexity index is 344. The van der Waals surface area contributed by atoms with Gasteiger partial charge in [0.2, 0.25) is 0 Å². The summed E-state index contributed by atoms with van der Waals surface area (Å²) in [4.78, 5) is 0. The number of ether oxygens (including phenoxy) is 1. The molecule has 0 fully saturated rings. The Morgan fingerprint density at radius 2 is 2.24 bits per heavy atom. The Balaban J connectivity index is 2.31. The van der Waals surface area contributed by atoms with Gasteiger partial charge >= 0.3 is 0 Å². The summed E-state index contributed by atoms with van der Waals surface area (Å²) in [6.07, 6.45) is 0.483. The highest BCUT2D eigenvalue weighted by molar-refractivity contribution is 5.28. The molecular weight excluding hydrogens is 221 g/mol. The van der Waals surface area contributed by atoms with Crippen LogP contribution in [0.15, 0.2) is 18.2 Å². The van der Waals surface area contributed by atoms with Crippen molar-refractivity contribution in [2.75, 3.05) is 19.7 Å². The van der Waals surface area contributed by atoms with Crippen LogP contribution in [0.4, 0.5) is 4.39 Å². The van der Waals surface area contributed by atoms with Gasteiger partial charge in [0.05, 0.1) is 0 Å². The van der Waals surface area contributed by atoms with Crippen LogP contribution in [0.3, 0.4) is 0 Å². The minimum absolute atomic E-state index is 0.210. The van der Waals surface area contributed by atoms with Crippen LogP contribution in [0.25, 0.3) is 0 Å². The van der Waals surface area contributed by atoms with Gasteiger partial charge in [0.1, 0.15) is 24.3 Å². The summed E-state index contributed by atoms with van der Waals surface area (Å²) in [7, 11) is 0. The molecule has 0 spiro atoms. The van der Waals surface area contributed by atoms with E-state index in [9.17, 15) is 9.50 Å². The average Bonchev–Trinajstić information content (AvgIpc) is 2.31. The Labute approximate surface area is 102 Å². The molecule has 1 unspecified atom stereocenters. The Kier molecular flexibility index (Phi) is 5.94. The zero-order chi connectivity index (χ0) is 12.7. The maximum atomic E-state index is 13.0. The molecule has 96 valence electrons. The predicted molar refractivity (Wildman–Crippen MR) is 65.8 cm³/mol. The molecular formula is C13H20FNO2. The van der Waals surface area contributed by atoms with E-state index in [0.29, 0.717) is 17.9 Å². The molecule has 0 aromatic heterocycles. The molecule has 0 aliphatic heterocycles. The van der Waals surface area contributed by atoms with Crippen molar-refractivity contribution in [3.8, 4) is 5.75 Å². The van der Waals surface area contributed by atoms with Crippen LogP contribution in [-0.4, -0.2) is 30.9 Å². The van der Waals surface area contributed by atoms with Crippen LogP contribution in [0.1, 0.15) is 18.9 Å². The third-order valence-corrected chi connectivity index (χ3v) is 2.38. The molecule has 1 aromatic rings. The van der Waals surface area contributed by atoms with Crippen LogP contribution in [0, 0.1) is 12.7 Å². The fourth-order valence-corrected chi connectivity index (χ4v) is 1.40. The van der Waals surface area contributed by atoms with Gasteiger partial charge in [0.25, 0.3) is 0 Å². The number of hydrogen-bond acceptors (Lipinski definition) is 3. The van der Waals surface area contributed by atoms with Crippen LogP contribution in [-0.2, 0) is 0 Å². The van der Waals surface area contributed by atoms with Crippen molar-refractivity contribution < 1.29 is 14.2 Å². The lowest BCUT2D eigenvalue weighted by atomic mass is 10.2. The predicted octanol–water partition coefficient (Wildman–Crippen LogP) is 1.87. The molecule has 1 rings (SSSR count). The maximum Gasteiger partial charge on any atom is 0.126 e. The van der Waals surface area contributed by atoms with E-state index in [4.69, 9.17) is 4.74 Å². The molecule has 0 aliphatic rings. The second-order valence-electron chi connectivity index (χ2n) is 4.08. The monoisotopic (exact) mass is 241 g/mol. The molecule has 0 aliphatic carbocycles. The van der Waals surface area contributed by atoms with Gasteiger partial charge in [-0.05, 0) is 43.7 Å². The molecule has 1 atom stereocenters. The minimum atomic E-state index is -0.549. The fraction of sp³-hybridized carbons (Fsp3) is 0.538. The third kappa shape index (κ3) is 5.15. The van der Waals surface area contributed by atoms with E-state index < -0.39 is 6.10 Å². The molecule has 0 heterocycles. The number of halogens is 1. The van der Waals surface area contributed by atoms with E-state index in [-0.39, 0.29) is 12.4 Å². The molecule has 0 saturated carbocycles. The first-order valence-corrected chi connectivity index (χ1v) is 5.91. The second kappa shape index (κ2) is 7.25. The van der Waals surface area contributed by atoms with Gasteiger partial charge in [0, 0.05) is 6.54 Å². The van der Waals surface area contributed by atoms with E-state index >= 15 is 0 Å². The van der Waals surface area contributed by atoms with Crippen molar-refractivity contribution in [1.29, 1.82) is 0 Å². The zero-order valence-corrected chi connectivity index (χ0v) is 10.4. The van der Waals surface area contributed by atoms with Gasteiger partial charge in [-0.1, -0.05) is 6.92 Å². The number of aliphatic hydroxyl groups excluding tert-OH is 1. The van der Waals surface area contributed by atoms with E-state index in [1.165, 1.54) is 6.07 Å². The normalized spacial score (nSPS) is 12.5. The van der Waals surface area contributed by atoms with Crippen LogP contribution >= 0.6 is 0 Å². The Hall–Kier alpha value is -1.13. The molecule has 3 nitrogen and oxygen atoms in total. The molecule has 2 N–H and O–H groups in total. The molecule has 4 heteroatoms. The smallest absolute Gasteiger partial charge is 0.126 e. The molecule has 1 aromatic carbocycles. The lowest BCUT2D eigenvalue weighted by Crippen LogP contribution is -2.31. The number of rotatable bonds is 7. The van der Waals surface area contributed by atoms with Gasteiger partial charge in [-0.3, -0.25) is 0 Å². The first-order chi connectivity index (χ1) is 8.13. The number of aliphatic hydroxyl groups is 1. The van der Waals surface area contributed by atoms with Gasteiger partial charge in [-0.25, -0.2) is 4.39 Å². The standard InChI is InChI=1S/C13H20FNO2/c1-3-6-15-8-11(16)9-17-12-4-5-13(14)10(2)7-12/h4-5,7,11,15-16H,3,6,8-9H2,1-2H3. The average molecular weight is 241 g/mol. The van der Waals surface area contributed by atoms with E-state index in [2.05, 4.69) is 12.2 Å². The first kappa shape index (κ1) is 13.9. The van der Waals surface area contributed by atoms with E-state index in [0.717, 1.165) is 13.0 Å². The first-order valence-electron chi connectivity index (χ1n) is 5.91. The minimum Gasteiger partial charge on any atom is -0.491 e. The molecule has 17 heavy (non-hydrogen) atoms. The van der Waals surface area contributed by atoms with Gasteiger partial charge in [-0.15, -0.1) is 0 Å². The highest BCUT2D eigenvalue weighted by atomic mass is 19.1. The number of benzene rings is 1. The Morgan fingerprint density at radius 1 is 1.47 bits per heavy atom. The van der Waals surface area contributed by atoms with Crippen molar-refractivity contribution in [2.45, 2.75) is 26.4 Å². The summed E-state index contributed by atoms with van der Waals surface area (Å²) in [5, 5.41) is 12.7. The van der Waals surface area contributed by atoms with E-state index in [1.807, 2.05) is 0 Å². The quantitative estimate of drug-likeness (QED) is 0.716. The number of nitrogens with one attached hydrogen (secondary N) is 1. The van der Waals surface area contributed by atoms with Gasteiger partial charge < -0.3 is 15.2 Å². The summed E-state index contributed by atoms with van der Waals surface area (Å²) in [5.41, 5.74) is 0.543. The highest BCUT2D eigenvalue weighted by Crippen LogP contribution is 2.15. The highest BCUT2D eigenvalue weighted by Gasteiger charge is 2.05. The topological polar surface area (TPSA) is 41.5 Å². The lowest BCUT2D eigenvalue weighted by molar-refractivity contribution is 0.106. The fourth-order valence-electron chi connectivity index (χ4n) is 1.40. The molecule has 0 radical (unpaired) electrons. The van der Waals surface area contributed by atoms with Crippen molar-refractivity contribution in [2.24, 2.45) is 0 Å². The molecule has 0 amide bonds. The summed E-state index contributed by atoms with van der Waals surface area (Å²) >= 11 is 0. The van der Waals surface area contributed by atoms with Gasteiger partial charge in [-0.2, -0.15) is 0 Å². The number of hydrogen-bond donors (Lipinski definition) is 2.